The van der Waals surface area contributed by atoms with Crippen LogP contribution in [0.4, 0.5) is 0 Å². The molecule has 0 amide bonds. The third-order valence-corrected chi connectivity index (χ3v) is 3.17. The molecule has 15 heavy (non-hydrogen) atoms. The number of ether oxygens (including phenoxy) is 1. The first kappa shape index (κ1) is 12.9. The molecular weight excluding hydrogens is 188 g/mol. The zero-order valence-electron chi connectivity index (χ0n) is 10.4. The number of rotatable bonds is 5. The van der Waals surface area contributed by atoms with Gasteiger partial charge in [-0.2, -0.15) is 0 Å². The van der Waals surface area contributed by atoms with Crippen LogP contribution in [0.15, 0.2) is 0 Å². The van der Waals surface area contributed by atoms with Crippen LogP contribution in [-0.4, -0.2) is 43.8 Å². The SMILES string of the molecule is CC(C)C(N)CN(C)CC1CCCCO1. The Morgan fingerprint density at radius 3 is 2.67 bits per heavy atom. The van der Waals surface area contributed by atoms with Crippen LogP contribution < -0.4 is 5.73 Å². The average molecular weight is 214 g/mol. The summed E-state index contributed by atoms with van der Waals surface area (Å²) < 4.78 is 5.71. The lowest BCUT2D eigenvalue weighted by Crippen LogP contribution is -2.42. The number of likely N-dealkylation sites (N-methyl/N-ethyl adjacent to an activating group) is 1. The van der Waals surface area contributed by atoms with Crippen molar-refractivity contribution in [1.82, 2.24) is 4.90 Å². The molecule has 1 saturated heterocycles. The van der Waals surface area contributed by atoms with Gasteiger partial charge in [0.2, 0.25) is 0 Å². The normalized spacial score (nSPS) is 24.8. The first-order valence-electron chi connectivity index (χ1n) is 6.15. The number of nitrogens with two attached hydrogens (primary N) is 1. The Hall–Kier alpha value is -0.120. The van der Waals surface area contributed by atoms with Crippen molar-refractivity contribution in [2.24, 2.45) is 11.7 Å². The molecule has 3 nitrogen and oxygen atoms in total. The lowest BCUT2D eigenvalue weighted by Gasteiger charge is -2.29. The van der Waals surface area contributed by atoms with Crippen molar-refractivity contribution in [3.63, 3.8) is 0 Å². The molecule has 0 saturated carbocycles. The van der Waals surface area contributed by atoms with Crippen LogP contribution in [0.5, 0.6) is 0 Å². The van der Waals surface area contributed by atoms with Gasteiger partial charge >= 0.3 is 0 Å². The Balaban J connectivity index is 2.19. The monoisotopic (exact) mass is 214 g/mol. The van der Waals surface area contributed by atoms with Gasteiger partial charge in [0.05, 0.1) is 6.10 Å². The van der Waals surface area contributed by atoms with Gasteiger partial charge in [0.15, 0.2) is 0 Å². The lowest BCUT2D eigenvalue weighted by molar-refractivity contribution is -0.00265. The van der Waals surface area contributed by atoms with Crippen molar-refractivity contribution in [2.75, 3.05) is 26.7 Å². The molecule has 0 aromatic heterocycles. The molecule has 0 aliphatic carbocycles. The van der Waals surface area contributed by atoms with E-state index in [2.05, 4.69) is 25.8 Å². The summed E-state index contributed by atoms with van der Waals surface area (Å²) in [5.41, 5.74) is 6.04. The predicted octanol–water partition coefficient (Wildman–Crippen LogP) is 1.47. The number of nitrogens with zero attached hydrogens (tertiary/aromatic N) is 1. The first-order valence-corrected chi connectivity index (χ1v) is 6.15. The van der Waals surface area contributed by atoms with Crippen molar-refractivity contribution in [3.8, 4) is 0 Å². The standard InChI is InChI=1S/C12H26N2O/c1-10(2)12(13)9-14(3)8-11-6-4-5-7-15-11/h10-12H,4-9,13H2,1-3H3. The van der Waals surface area contributed by atoms with Crippen LogP contribution in [0.25, 0.3) is 0 Å². The highest BCUT2D eigenvalue weighted by atomic mass is 16.5. The summed E-state index contributed by atoms with van der Waals surface area (Å²) in [6, 6.07) is 0.276. The maximum absolute atomic E-state index is 6.04. The quantitative estimate of drug-likeness (QED) is 0.753. The van der Waals surface area contributed by atoms with Gasteiger partial charge in [0.1, 0.15) is 0 Å². The Labute approximate surface area is 94.0 Å². The molecule has 2 N–H and O–H groups in total. The second-order valence-electron chi connectivity index (χ2n) is 5.12. The highest BCUT2D eigenvalue weighted by Crippen LogP contribution is 2.13. The molecule has 2 unspecified atom stereocenters. The van der Waals surface area contributed by atoms with Gasteiger partial charge in [-0.1, -0.05) is 13.8 Å². The summed E-state index contributed by atoms with van der Waals surface area (Å²) in [6.07, 6.45) is 4.19. The number of hydrogen-bond acceptors (Lipinski definition) is 3. The van der Waals surface area contributed by atoms with Gasteiger partial charge in [0.25, 0.3) is 0 Å². The molecule has 0 aromatic carbocycles. The third kappa shape index (κ3) is 4.96. The summed E-state index contributed by atoms with van der Waals surface area (Å²) in [6.45, 7) is 7.29. The van der Waals surface area contributed by atoms with Crippen LogP contribution in [0.1, 0.15) is 33.1 Å². The highest BCUT2D eigenvalue weighted by Gasteiger charge is 2.17. The molecule has 0 aromatic rings. The van der Waals surface area contributed by atoms with E-state index in [4.69, 9.17) is 10.5 Å². The van der Waals surface area contributed by atoms with Gasteiger partial charge < -0.3 is 15.4 Å². The van der Waals surface area contributed by atoms with Crippen LogP contribution in [0.3, 0.4) is 0 Å². The second-order valence-corrected chi connectivity index (χ2v) is 5.12. The Kier molecular flexibility index (Phi) is 5.58. The molecule has 1 aliphatic rings. The van der Waals surface area contributed by atoms with Crippen molar-refractivity contribution < 1.29 is 4.74 Å². The fourth-order valence-corrected chi connectivity index (χ4v) is 1.94. The Morgan fingerprint density at radius 2 is 2.13 bits per heavy atom. The van der Waals surface area contributed by atoms with E-state index in [0.717, 1.165) is 19.7 Å². The summed E-state index contributed by atoms with van der Waals surface area (Å²) >= 11 is 0. The molecular formula is C12H26N2O. The van der Waals surface area contributed by atoms with Gasteiger partial charge in [-0.25, -0.2) is 0 Å². The van der Waals surface area contributed by atoms with E-state index < -0.39 is 0 Å². The molecule has 1 aliphatic heterocycles. The van der Waals surface area contributed by atoms with Crippen molar-refractivity contribution >= 4 is 0 Å². The summed E-state index contributed by atoms with van der Waals surface area (Å²) in [5, 5.41) is 0. The number of hydrogen-bond donors (Lipinski definition) is 1. The zero-order valence-corrected chi connectivity index (χ0v) is 10.4. The molecule has 1 fully saturated rings. The summed E-state index contributed by atoms with van der Waals surface area (Å²) in [4.78, 5) is 2.31. The van der Waals surface area contributed by atoms with Gasteiger partial charge in [-0.3, -0.25) is 0 Å². The average Bonchev–Trinajstić information content (AvgIpc) is 2.18. The van der Waals surface area contributed by atoms with Gasteiger partial charge in [-0.15, -0.1) is 0 Å². The minimum absolute atomic E-state index is 0.276. The van der Waals surface area contributed by atoms with E-state index in [1.165, 1.54) is 19.3 Å². The van der Waals surface area contributed by atoms with E-state index in [1.54, 1.807) is 0 Å². The van der Waals surface area contributed by atoms with Crippen molar-refractivity contribution in [3.05, 3.63) is 0 Å². The van der Waals surface area contributed by atoms with E-state index in [9.17, 15) is 0 Å². The van der Waals surface area contributed by atoms with Crippen molar-refractivity contribution in [2.45, 2.75) is 45.3 Å². The van der Waals surface area contributed by atoms with Crippen molar-refractivity contribution in [1.29, 1.82) is 0 Å². The highest BCUT2D eigenvalue weighted by molar-refractivity contribution is 4.73. The fraction of sp³-hybridized carbons (Fsp3) is 1.00. The third-order valence-electron chi connectivity index (χ3n) is 3.17. The maximum Gasteiger partial charge on any atom is 0.0701 e. The summed E-state index contributed by atoms with van der Waals surface area (Å²) in [5.74, 6) is 0.555. The van der Waals surface area contributed by atoms with E-state index in [-0.39, 0.29) is 6.04 Å². The first-order chi connectivity index (χ1) is 7.09. The molecule has 1 rings (SSSR count). The van der Waals surface area contributed by atoms with Gasteiger partial charge in [-0.05, 0) is 32.2 Å². The lowest BCUT2D eigenvalue weighted by atomic mass is 10.0. The predicted molar refractivity (Wildman–Crippen MR) is 63.9 cm³/mol. The van der Waals surface area contributed by atoms with E-state index in [0.29, 0.717) is 12.0 Å². The summed E-state index contributed by atoms with van der Waals surface area (Å²) in [7, 11) is 2.14. The van der Waals surface area contributed by atoms with Crippen LogP contribution >= 0.6 is 0 Å². The molecule has 0 radical (unpaired) electrons. The molecule has 2 atom stereocenters. The smallest absolute Gasteiger partial charge is 0.0701 e. The molecule has 0 bridgehead atoms. The maximum atomic E-state index is 6.04. The molecule has 90 valence electrons. The largest absolute Gasteiger partial charge is 0.377 e. The second kappa shape index (κ2) is 6.46. The topological polar surface area (TPSA) is 38.5 Å². The van der Waals surface area contributed by atoms with Crippen LogP contribution in [0, 0.1) is 5.92 Å². The molecule has 1 heterocycles. The Bertz CT molecular complexity index is 167. The minimum Gasteiger partial charge on any atom is -0.377 e. The van der Waals surface area contributed by atoms with E-state index >= 15 is 0 Å². The van der Waals surface area contributed by atoms with Crippen LogP contribution in [0.2, 0.25) is 0 Å². The molecule has 0 spiro atoms. The van der Waals surface area contributed by atoms with E-state index in [1.807, 2.05) is 0 Å². The minimum atomic E-state index is 0.276. The van der Waals surface area contributed by atoms with Gasteiger partial charge in [0, 0.05) is 25.7 Å². The zero-order chi connectivity index (χ0) is 11.3. The van der Waals surface area contributed by atoms with Crippen LogP contribution in [-0.2, 0) is 4.74 Å². The Morgan fingerprint density at radius 1 is 1.40 bits per heavy atom. The fourth-order valence-electron chi connectivity index (χ4n) is 1.94. The molecule has 3 heteroatoms.